The van der Waals surface area contributed by atoms with Gasteiger partial charge in [0.15, 0.2) is 23.6 Å². The van der Waals surface area contributed by atoms with Gasteiger partial charge < -0.3 is 23.7 Å². The number of ether oxygens (including phenoxy) is 5. The molecule has 4 spiro atoms. The summed E-state index contributed by atoms with van der Waals surface area (Å²) < 4.78 is 27.9. The van der Waals surface area contributed by atoms with Crippen LogP contribution in [0.25, 0.3) is 44.6 Å². The van der Waals surface area contributed by atoms with Crippen LogP contribution in [0.15, 0.2) is 179 Å². The van der Waals surface area contributed by atoms with E-state index < -0.39 is 0 Å². The van der Waals surface area contributed by atoms with Gasteiger partial charge in [-0.25, -0.2) is 39.9 Å². The Labute approximate surface area is 504 Å². The molecule has 14 nitrogen and oxygen atoms in total. The summed E-state index contributed by atoms with van der Waals surface area (Å²) in [5, 5.41) is 0. The maximum Gasteiger partial charge on any atom is 0.240 e. The predicted octanol–water partition coefficient (Wildman–Crippen LogP) is 13.1. The van der Waals surface area contributed by atoms with Crippen molar-refractivity contribution in [1.82, 2.24) is 24.9 Å². The topological polar surface area (TPSA) is 160 Å². The van der Waals surface area contributed by atoms with Crippen molar-refractivity contribution in [2.24, 2.45) is 20.0 Å². The van der Waals surface area contributed by atoms with Crippen molar-refractivity contribution in [1.29, 1.82) is 0 Å². The zero-order chi connectivity index (χ0) is 58.7. The molecule has 0 saturated carbocycles. The largest absolute Gasteiger partial charge is 0.479 e. The van der Waals surface area contributed by atoms with Crippen molar-refractivity contribution in [2.45, 2.75) is 127 Å². The van der Waals surface area contributed by atoms with E-state index in [0.29, 0.717) is 12.5 Å². The lowest BCUT2D eigenvalue weighted by Crippen LogP contribution is -2.35. The minimum absolute atomic E-state index is 0.0258. The molecule has 8 aliphatic rings. The Morgan fingerprint density at radius 3 is 1.44 bits per heavy atom. The van der Waals surface area contributed by atoms with Crippen LogP contribution in [0.5, 0.6) is 5.88 Å². The molecular formula is C72H73N9O5. The smallest absolute Gasteiger partial charge is 0.240 e. The number of hydrogen-bond acceptors (Lipinski definition) is 14. The quantitative estimate of drug-likeness (QED) is 0.162. The average Bonchev–Trinajstić information content (AvgIpc) is 4.55. The van der Waals surface area contributed by atoms with Gasteiger partial charge in [-0.1, -0.05) is 109 Å². The molecule has 7 heterocycles. The summed E-state index contributed by atoms with van der Waals surface area (Å²) in [6.45, 7) is 10.7. The number of pyridine rings is 1. The van der Waals surface area contributed by atoms with Crippen LogP contribution >= 0.6 is 0 Å². The molecule has 4 aliphatic carbocycles. The van der Waals surface area contributed by atoms with E-state index in [2.05, 4.69) is 134 Å². The van der Waals surface area contributed by atoms with Crippen LogP contribution in [0, 0.1) is 0 Å². The van der Waals surface area contributed by atoms with Gasteiger partial charge in [-0.3, -0.25) is 4.98 Å². The van der Waals surface area contributed by atoms with E-state index >= 15 is 0 Å². The molecule has 14 heteroatoms. The second-order valence-corrected chi connectivity index (χ2v) is 24.2. The molecule has 0 bridgehead atoms. The van der Waals surface area contributed by atoms with Crippen molar-refractivity contribution in [3.05, 3.63) is 203 Å². The van der Waals surface area contributed by atoms with E-state index in [1.165, 1.54) is 72.3 Å². The molecule has 0 saturated heterocycles. The molecule has 1 unspecified atom stereocenters. The molecule has 3 aromatic heterocycles. The predicted molar refractivity (Wildman–Crippen MR) is 338 cm³/mol. The highest BCUT2D eigenvalue weighted by Crippen LogP contribution is 2.43. The first-order valence-corrected chi connectivity index (χ1v) is 30.2. The summed E-state index contributed by atoms with van der Waals surface area (Å²) in [5.41, 5.74) is 20.3. The zero-order valence-electron chi connectivity index (χ0n) is 49.9. The number of methoxy groups -OCH3 is 1. The first kappa shape index (κ1) is 56.2. The number of aliphatic imine (C=N–C) groups is 4. The fourth-order valence-electron chi connectivity index (χ4n) is 14.1. The first-order chi connectivity index (χ1) is 42.0. The minimum atomic E-state index is -0.0812. The third-order valence-electron chi connectivity index (χ3n) is 18.3. The van der Waals surface area contributed by atoms with Crippen LogP contribution in [0.3, 0.4) is 0 Å². The van der Waals surface area contributed by atoms with E-state index in [-0.39, 0.29) is 22.2 Å². The van der Waals surface area contributed by atoms with E-state index in [4.69, 9.17) is 43.7 Å². The molecule has 8 aromatic rings. The van der Waals surface area contributed by atoms with Crippen molar-refractivity contribution in [2.75, 3.05) is 33.5 Å². The molecule has 0 amide bonds. The molecule has 5 aromatic carbocycles. The number of fused-ring (bicyclic) bond motifs is 4. The van der Waals surface area contributed by atoms with Gasteiger partial charge in [0.2, 0.25) is 5.88 Å². The van der Waals surface area contributed by atoms with Crippen LogP contribution < -0.4 is 4.74 Å². The molecule has 0 fully saturated rings. The number of benzene rings is 5. The van der Waals surface area contributed by atoms with E-state index in [9.17, 15) is 0 Å². The average molecular weight is 1140 g/mol. The van der Waals surface area contributed by atoms with Crippen molar-refractivity contribution in [3.63, 3.8) is 0 Å². The van der Waals surface area contributed by atoms with Gasteiger partial charge in [-0.15, -0.1) is 0 Å². The molecule has 4 aliphatic heterocycles. The van der Waals surface area contributed by atoms with Gasteiger partial charge >= 0.3 is 0 Å². The van der Waals surface area contributed by atoms with Crippen molar-refractivity contribution >= 4 is 23.6 Å². The summed E-state index contributed by atoms with van der Waals surface area (Å²) in [6.07, 6.45) is 24.7. The minimum Gasteiger partial charge on any atom is -0.479 e. The number of nitrogens with zero attached hydrogens (tertiary/aromatic N) is 9. The SMILES string of the molecule is CC1=N[C@]2(CCc3ccc(-c4cncnc4)cc3C2)CO1.CC1=N[C@]2(CCc3cccc(-c4ccccc4)c3C2)CO1.CC1=N[C@]2(CCc3cccc(-c4cccnc4)c3C2)CO1.COc1nccnc1-c1cccc2c1CCC1(COC(C)=N1)C2. The lowest BCUT2D eigenvalue weighted by atomic mass is 9.76. The number of rotatable bonds is 5. The Bertz CT molecular complexity index is 3800. The Morgan fingerprint density at radius 1 is 0.384 bits per heavy atom. The lowest BCUT2D eigenvalue weighted by Gasteiger charge is -2.32. The number of aromatic nitrogens is 5. The van der Waals surface area contributed by atoms with Crippen LogP contribution in [-0.4, -0.2) is 104 Å². The third-order valence-corrected chi connectivity index (χ3v) is 18.3. The Balaban J connectivity index is 0.000000106. The fraction of sp³-hybridized carbons (Fsp3) is 0.347. The normalized spacial score (nSPS) is 23.3. The molecule has 0 radical (unpaired) electrons. The third kappa shape index (κ3) is 11.8. The van der Waals surface area contributed by atoms with Crippen LogP contribution in [0.4, 0.5) is 0 Å². The summed E-state index contributed by atoms with van der Waals surface area (Å²) in [6, 6.07) is 41.1. The summed E-state index contributed by atoms with van der Waals surface area (Å²) in [7, 11) is 1.63. The van der Waals surface area contributed by atoms with Crippen LogP contribution in [-0.2, 0) is 70.3 Å². The molecule has 86 heavy (non-hydrogen) atoms. The maximum absolute atomic E-state index is 5.66. The molecule has 436 valence electrons. The Morgan fingerprint density at radius 2 is 0.884 bits per heavy atom. The second-order valence-electron chi connectivity index (χ2n) is 24.2. The molecule has 16 rings (SSSR count). The monoisotopic (exact) mass is 1140 g/mol. The molecular weight excluding hydrogens is 1070 g/mol. The van der Waals surface area contributed by atoms with Gasteiger partial charge in [0, 0.05) is 107 Å². The summed E-state index contributed by atoms with van der Waals surface area (Å²) >= 11 is 0. The van der Waals surface area contributed by atoms with Crippen molar-refractivity contribution < 1.29 is 23.7 Å². The molecule has 0 N–H and O–H groups in total. The van der Waals surface area contributed by atoms with E-state index in [1.54, 1.807) is 25.8 Å². The van der Waals surface area contributed by atoms with Gasteiger partial charge in [-0.05, 0) is 124 Å². The van der Waals surface area contributed by atoms with E-state index in [1.807, 2.05) is 58.5 Å². The Hall–Kier alpha value is -8.91. The van der Waals surface area contributed by atoms with Crippen LogP contribution in [0.2, 0.25) is 0 Å². The van der Waals surface area contributed by atoms with Gasteiger partial charge in [0.05, 0.1) is 7.11 Å². The highest BCUT2D eigenvalue weighted by molar-refractivity contribution is 5.79. The van der Waals surface area contributed by atoms with Gasteiger partial charge in [-0.2, -0.15) is 0 Å². The molecule has 4 atom stereocenters. The zero-order valence-corrected chi connectivity index (χ0v) is 49.9. The lowest BCUT2D eigenvalue weighted by molar-refractivity contribution is 0.236. The number of aryl methyl sites for hydroxylation is 3. The van der Waals surface area contributed by atoms with Crippen LogP contribution in [0.1, 0.15) is 97.9 Å². The second kappa shape index (κ2) is 23.9. The highest BCUT2D eigenvalue weighted by Gasteiger charge is 2.43. The van der Waals surface area contributed by atoms with Gasteiger partial charge in [0.1, 0.15) is 60.6 Å². The van der Waals surface area contributed by atoms with Crippen molar-refractivity contribution in [3.8, 4) is 50.5 Å². The standard InChI is InChI=1S/C19H19NO.C18H19N3O2.C18H18N2O.C17H17N3O/c1-14-20-19(13-21-14)11-10-16-8-5-9-17(18(16)12-19)15-6-3-2-4-7-15;1-12-21-18(11-23-12)7-6-14-13(10-18)4-3-5-15(14)16-17(22-2)20-9-8-19-16;1-13-20-18(12-21-13)8-7-14-4-2-6-16(17(14)10-18)15-5-3-9-19-11-15;1-12-20-17(10-21-12)5-4-13-2-3-14(6-15(13)7-17)16-8-18-11-19-9-16/h2-9H,10-13H2,1H3;3-5,8-9H,6-7,10-11H2,1-2H3;2-6,9,11H,7-8,10,12H2,1H3;2-3,6,8-9,11H,4-5,7,10H2,1H3/t19-;;18-;17-/m0.00/s1. The Kier molecular flexibility index (Phi) is 15.6. The number of hydrogen-bond donors (Lipinski definition) is 0. The first-order valence-electron chi connectivity index (χ1n) is 30.2. The highest BCUT2D eigenvalue weighted by atomic mass is 16.5. The maximum atomic E-state index is 5.66. The summed E-state index contributed by atoms with van der Waals surface area (Å²) in [4.78, 5) is 40.3. The van der Waals surface area contributed by atoms with E-state index in [0.717, 1.165) is 137 Å². The summed E-state index contributed by atoms with van der Waals surface area (Å²) in [5.74, 6) is 3.87. The fourth-order valence-corrected chi connectivity index (χ4v) is 14.1. The van der Waals surface area contributed by atoms with Gasteiger partial charge in [0.25, 0.3) is 0 Å².